The topological polar surface area (TPSA) is 73.6 Å². The molecule has 0 spiro atoms. The van der Waals surface area contributed by atoms with Gasteiger partial charge in [-0.15, -0.1) is 0 Å². The Bertz CT molecular complexity index is 710. The third-order valence-corrected chi connectivity index (χ3v) is 2.98. The molecule has 0 saturated carbocycles. The van der Waals surface area contributed by atoms with E-state index >= 15 is 0 Å². The largest absolute Gasteiger partial charge is 0.454 e. The molecule has 3 rings (SSSR count). The van der Waals surface area contributed by atoms with Crippen LogP contribution in [0.3, 0.4) is 0 Å². The number of hydrogen-bond donors (Lipinski definition) is 2. The number of ether oxygens (including phenoxy) is 2. The van der Waals surface area contributed by atoms with Crippen molar-refractivity contribution >= 4 is 23.4 Å². The van der Waals surface area contributed by atoms with Crippen molar-refractivity contribution in [1.82, 2.24) is 0 Å². The van der Waals surface area contributed by atoms with Crippen LogP contribution in [0, 0.1) is 0 Å². The number of carbonyl (C=O) groups excluding carboxylic acids is 1. The Labute approximate surface area is 122 Å². The zero-order chi connectivity index (χ0) is 14.7. The Balaban J connectivity index is 1.66. The average Bonchev–Trinajstić information content (AvgIpc) is 2.93. The molecule has 0 atom stereocenters. The molecule has 21 heavy (non-hydrogen) atoms. The number of rotatable bonds is 3. The molecule has 1 aliphatic heterocycles. The summed E-state index contributed by atoms with van der Waals surface area (Å²) >= 11 is 0. The minimum absolute atomic E-state index is 0.210. The van der Waals surface area contributed by atoms with Crippen molar-refractivity contribution in [3.63, 3.8) is 0 Å². The average molecular weight is 282 g/mol. The fraction of sp³-hybridized carbons (Fsp3) is 0.0625. The quantitative estimate of drug-likeness (QED) is 0.670. The third-order valence-electron chi connectivity index (χ3n) is 2.98. The van der Waals surface area contributed by atoms with Crippen LogP contribution in [0.5, 0.6) is 11.5 Å². The van der Waals surface area contributed by atoms with Crippen molar-refractivity contribution in [2.45, 2.75) is 0 Å². The number of amides is 1. The summed E-state index contributed by atoms with van der Waals surface area (Å²) in [7, 11) is 0. The monoisotopic (exact) mass is 282 g/mol. The fourth-order valence-corrected chi connectivity index (χ4v) is 1.99. The van der Waals surface area contributed by atoms with E-state index in [1.807, 2.05) is 12.1 Å². The Morgan fingerprint density at radius 1 is 1.14 bits per heavy atom. The molecule has 0 unspecified atom stereocenters. The lowest BCUT2D eigenvalue weighted by Gasteiger charge is -2.03. The number of nitrogen functional groups attached to an aromatic ring is 1. The molecule has 0 radical (unpaired) electrons. The van der Waals surface area contributed by atoms with Crippen molar-refractivity contribution in [1.29, 1.82) is 0 Å². The molecule has 0 aromatic heterocycles. The van der Waals surface area contributed by atoms with Crippen molar-refractivity contribution in [2.24, 2.45) is 0 Å². The molecule has 1 aliphatic rings. The summed E-state index contributed by atoms with van der Waals surface area (Å²) in [6.07, 6.45) is 3.16. The lowest BCUT2D eigenvalue weighted by molar-refractivity contribution is -0.111. The number of anilines is 2. The predicted molar refractivity (Wildman–Crippen MR) is 81.1 cm³/mol. The SMILES string of the molecule is Nc1cccc(/C=C/C(=O)Nc2ccc3c(c2)OCO3)c1. The van der Waals surface area contributed by atoms with E-state index in [9.17, 15) is 4.79 Å². The summed E-state index contributed by atoms with van der Waals surface area (Å²) in [4.78, 5) is 11.9. The van der Waals surface area contributed by atoms with Gasteiger partial charge in [-0.2, -0.15) is 0 Å². The summed E-state index contributed by atoms with van der Waals surface area (Å²) in [5.41, 5.74) is 7.87. The molecule has 3 N–H and O–H groups in total. The molecule has 5 nitrogen and oxygen atoms in total. The molecule has 0 saturated heterocycles. The van der Waals surface area contributed by atoms with Crippen LogP contribution in [0.15, 0.2) is 48.5 Å². The van der Waals surface area contributed by atoms with Gasteiger partial charge in [0.2, 0.25) is 12.7 Å². The summed E-state index contributed by atoms with van der Waals surface area (Å²) in [5, 5.41) is 2.76. The molecule has 1 amide bonds. The maximum Gasteiger partial charge on any atom is 0.248 e. The Kier molecular flexibility index (Phi) is 3.47. The molecule has 5 heteroatoms. The minimum Gasteiger partial charge on any atom is -0.454 e. The highest BCUT2D eigenvalue weighted by Gasteiger charge is 2.13. The first-order chi connectivity index (χ1) is 10.2. The van der Waals surface area contributed by atoms with Crippen LogP contribution in [-0.4, -0.2) is 12.7 Å². The van der Waals surface area contributed by atoms with Gasteiger partial charge in [0.05, 0.1) is 0 Å². The molecular formula is C16H14N2O3. The van der Waals surface area contributed by atoms with Crippen LogP contribution in [-0.2, 0) is 4.79 Å². The molecular weight excluding hydrogens is 268 g/mol. The highest BCUT2D eigenvalue weighted by Crippen LogP contribution is 2.34. The minimum atomic E-state index is -0.226. The number of nitrogens with two attached hydrogens (primary N) is 1. The number of benzene rings is 2. The second-order valence-electron chi connectivity index (χ2n) is 4.56. The van der Waals surface area contributed by atoms with Crippen LogP contribution >= 0.6 is 0 Å². The molecule has 0 fully saturated rings. The van der Waals surface area contributed by atoms with Crippen molar-refractivity contribution in [2.75, 3.05) is 17.8 Å². The molecule has 1 heterocycles. The van der Waals surface area contributed by atoms with Crippen LogP contribution in [0.2, 0.25) is 0 Å². The summed E-state index contributed by atoms with van der Waals surface area (Å²) < 4.78 is 10.5. The standard InChI is InChI=1S/C16H14N2O3/c17-12-3-1-2-11(8-12)4-7-16(19)18-13-5-6-14-15(9-13)21-10-20-14/h1-9H,10,17H2,(H,18,19)/b7-4+. The van der Waals surface area contributed by atoms with E-state index in [0.29, 0.717) is 22.9 Å². The van der Waals surface area contributed by atoms with E-state index in [2.05, 4.69) is 5.32 Å². The van der Waals surface area contributed by atoms with Gasteiger partial charge in [-0.25, -0.2) is 0 Å². The van der Waals surface area contributed by atoms with Gasteiger partial charge in [-0.3, -0.25) is 4.79 Å². The number of nitrogens with one attached hydrogen (secondary N) is 1. The molecule has 2 aromatic carbocycles. The second kappa shape index (κ2) is 5.58. The Morgan fingerprint density at radius 3 is 2.86 bits per heavy atom. The van der Waals surface area contributed by atoms with E-state index in [1.54, 1.807) is 36.4 Å². The molecule has 0 aliphatic carbocycles. The maximum atomic E-state index is 11.9. The van der Waals surface area contributed by atoms with Gasteiger partial charge in [0.25, 0.3) is 0 Å². The zero-order valence-electron chi connectivity index (χ0n) is 11.2. The Hall–Kier alpha value is -2.95. The first-order valence-electron chi connectivity index (χ1n) is 6.45. The van der Waals surface area contributed by atoms with Gasteiger partial charge >= 0.3 is 0 Å². The molecule has 2 aromatic rings. The highest BCUT2D eigenvalue weighted by atomic mass is 16.7. The normalized spacial score (nSPS) is 12.6. The number of carbonyl (C=O) groups is 1. The summed E-state index contributed by atoms with van der Waals surface area (Å²) in [6, 6.07) is 12.6. The molecule has 0 bridgehead atoms. The Morgan fingerprint density at radius 2 is 2.00 bits per heavy atom. The van der Waals surface area contributed by atoms with Crippen LogP contribution in [0.25, 0.3) is 6.08 Å². The van der Waals surface area contributed by atoms with E-state index in [-0.39, 0.29) is 12.7 Å². The van der Waals surface area contributed by atoms with Gasteiger partial charge in [0, 0.05) is 23.5 Å². The van der Waals surface area contributed by atoms with Crippen molar-refractivity contribution in [3.05, 3.63) is 54.1 Å². The fourth-order valence-electron chi connectivity index (χ4n) is 1.99. The second-order valence-corrected chi connectivity index (χ2v) is 4.56. The lowest BCUT2D eigenvalue weighted by Crippen LogP contribution is -2.07. The van der Waals surface area contributed by atoms with E-state index in [0.717, 1.165) is 5.56 Å². The molecule has 106 valence electrons. The first kappa shape index (κ1) is 13.1. The predicted octanol–water partition coefficient (Wildman–Crippen LogP) is 2.65. The van der Waals surface area contributed by atoms with Gasteiger partial charge in [0.15, 0.2) is 11.5 Å². The maximum absolute atomic E-state index is 11.9. The van der Waals surface area contributed by atoms with Crippen molar-refractivity contribution < 1.29 is 14.3 Å². The van der Waals surface area contributed by atoms with Gasteiger partial charge in [0.1, 0.15) is 0 Å². The first-order valence-corrected chi connectivity index (χ1v) is 6.45. The highest BCUT2D eigenvalue weighted by molar-refractivity contribution is 6.02. The van der Waals surface area contributed by atoms with Crippen LogP contribution in [0.1, 0.15) is 5.56 Å². The summed E-state index contributed by atoms with van der Waals surface area (Å²) in [5.74, 6) is 1.09. The van der Waals surface area contributed by atoms with Crippen LogP contribution in [0.4, 0.5) is 11.4 Å². The van der Waals surface area contributed by atoms with Gasteiger partial charge in [-0.1, -0.05) is 12.1 Å². The zero-order valence-corrected chi connectivity index (χ0v) is 11.2. The van der Waals surface area contributed by atoms with E-state index < -0.39 is 0 Å². The lowest BCUT2D eigenvalue weighted by atomic mass is 10.2. The van der Waals surface area contributed by atoms with Crippen molar-refractivity contribution in [3.8, 4) is 11.5 Å². The van der Waals surface area contributed by atoms with Gasteiger partial charge in [-0.05, 0) is 35.9 Å². The third kappa shape index (κ3) is 3.14. The van der Waals surface area contributed by atoms with Crippen LogP contribution < -0.4 is 20.5 Å². The van der Waals surface area contributed by atoms with E-state index in [1.165, 1.54) is 6.08 Å². The van der Waals surface area contributed by atoms with Gasteiger partial charge < -0.3 is 20.5 Å². The number of hydrogen-bond acceptors (Lipinski definition) is 4. The van der Waals surface area contributed by atoms with E-state index in [4.69, 9.17) is 15.2 Å². The smallest absolute Gasteiger partial charge is 0.248 e. The number of fused-ring (bicyclic) bond motifs is 1. The summed E-state index contributed by atoms with van der Waals surface area (Å²) in [6.45, 7) is 0.210.